The summed E-state index contributed by atoms with van der Waals surface area (Å²) in [6.45, 7) is 0. The summed E-state index contributed by atoms with van der Waals surface area (Å²) in [6, 6.07) is 0. The Bertz CT molecular complexity index is 48.0. The van der Waals surface area contributed by atoms with Gasteiger partial charge in [0.2, 0.25) is 0 Å². The van der Waals surface area contributed by atoms with Crippen molar-refractivity contribution < 1.29 is 0 Å². The molecule has 0 nitrogen and oxygen atoms in total. The van der Waals surface area contributed by atoms with Crippen LogP contribution in [0.4, 0.5) is 0 Å². The van der Waals surface area contributed by atoms with Crippen molar-refractivity contribution in [1.82, 2.24) is 0 Å². The minimum Gasteiger partial charge on any atom is -0.0120 e. The van der Waals surface area contributed by atoms with Gasteiger partial charge in [-0.3, -0.25) is 0 Å². The van der Waals surface area contributed by atoms with Crippen molar-refractivity contribution in [2.75, 3.05) is 0 Å². The normalized spacial score (nSPS) is 21.3. The summed E-state index contributed by atoms with van der Waals surface area (Å²) in [5.41, 5.74) is 0. The van der Waals surface area contributed by atoms with Crippen molar-refractivity contribution in [2.24, 2.45) is 0 Å². The van der Waals surface area contributed by atoms with E-state index in [1.165, 1.54) is 0 Å². The van der Waals surface area contributed by atoms with E-state index in [2.05, 4.69) is 0 Å². The molecule has 0 amide bonds. The fourth-order valence-electron chi connectivity index (χ4n) is 0.947. The third-order valence-corrected chi connectivity index (χ3v) is 162. The van der Waals surface area contributed by atoms with Gasteiger partial charge in [0.1, 0.15) is 0 Å². The molecular formula is H20Si9. The number of rotatable bonds is 5. The minimum absolute atomic E-state index is 0.400. The summed E-state index contributed by atoms with van der Waals surface area (Å²) in [7, 11) is 9.83. The molecule has 1 atom stereocenters. The van der Waals surface area contributed by atoms with Gasteiger partial charge in [-0.25, -0.2) is 0 Å². The average Bonchev–Trinajstić information content (AvgIpc) is 1.89. The summed E-state index contributed by atoms with van der Waals surface area (Å²) in [5, 5.41) is 0. The minimum atomic E-state index is 0.400. The highest BCUT2D eigenvalue weighted by molar-refractivity contribution is 7.76. The molecule has 0 spiro atoms. The maximum Gasteiger partial charge on any atom is -0.00752 e. The quantitative estimate of drug-likeness (QED) is 0.345. The van der Waals surface area contributed by atoms with Crippen molar-refractivity contribution in [3.63, 3.8) is 0 Å². The van der Waals surface area contributed by atoms with Crippen LogP contribution in [0.2, 0.25) is 0 Å². The molecule has 0 aliphatic heterocycles. The average molecular weight is 273 g/mol. The van der Waals surface area contributed by atoms with Gasteiger partial charge in [-0.15, -0.1) is 0 Å². The lowest BCUT2D eigenvalue weighted by molar-refractivity contribution is 3.76. The molecule has 9 heteroatoms. The van der Waals surface area contributed by atoms with Crippen molar-refractivity contribution >= 4 is 79.4 Å². The summed E-state index contributed by atoms with van der Waals surface area (Å²) in [4.78, 5) is 0. The van der Waals surface area contributed by atoms with E-state index in [4.69, 9.17) is 0 Å². The van der Waals surface area contributed by atoms with Gasteiger partial charge in [0.25, 0.3) is 0 Å². The molecule has 0 aromatic heterocycles. The van der Waals surface area contributed by atoms with Crippen LogP contribution in [0.25, 0.3) is 0 Å². The number of hydrogen-bond donors (Lipinski definition) is 0. The maximum atomic E-state index is 1.79. The molecule has 0 N–H and O–H groups in total. The summed E-state index contributed by atoms with van der Waals surface area (Å²) in [5.74, 6) is 0. The molecule has 0 aromatic rings. The van der Waals surface area contributed by atoms with E-state index in [1.807, 2.05) is 0 Å². The van der Waals surface area contributed by atoms with Crippen molar-refractivity contribution in [3.05, 3.63) is 0 Å². The van der Waals surface area contributed by atoms with Crippen LogP contribution in [-0.2, 0) is 0 Å². The van der Waals surface area contributed by atoms with Crippen LogP contribution >= 0.6 is 0 Å². The Morgan fingerprint density at radius 3 is 2.22 bits per heavy atom. The highest BCUT2D eigenvalue weighted by atomic mass is 30.1. The first-order valence-electron chi connectivity index (χ1n) is 4.31. The fraction of sp³-hybridized carbons (Fsp3) is 0. The molecule has 56 valence electrons. The lowest BCUT2D eigenvalue weighted by Crippen LogP contribution is -2.38. The number of hydrogen-bond acceptors (Lipinski definition) is 0. The lowest BCUT2D eigenvalue weighted by atomic mass is 26.1. The van der Waals surface area contributed by atoms with Crippen LogP contribution in [0, 0.1) is 0 Å². The maximum absolute atomic E-state index is 1.79. The van der Waals surface area contributed by atoms with Crippen LogP contribution in [-0.4, -0.2) is 79.4 Å². The van der Waals surface area contributed by atoms with Gasteiger partial charge in [0.05, 0.1) is 0 Å². The molecule has 0 heterocycles. The van der Waals surface area contributed by atoms with Crippen LogP contribution in [0.3, 0.4) is 0 Å². The van der Waals surface area contributed by atoms with E-state index in [1.54, 1.807) is 29.3 Å². The molecule has 1 unspecified atom stereocenters. The Labute approximate surface area is 79.0 Å². The molecule has 0 aromatic carbocycles. The molecule has 0 saturated heterocycles. The molecule has 0 aliphatic rings. The predicted molar refractivity (Wildman–Crippen MR) is 79.7 cm³/mol. The zero-order valence-electron chi connectivity index (χ0n) is 7.11. The van der Waals surface area contributed by atoms with Gasteiger partial charge in [-0.1, -0.05) is 0 Å². The van der Waals surface area contributed by atoms with E-state index in [0.29, 0.717) is 7.35 Å². The molecule has 0 saturated carbocycles. The zero-order valence-corrected chi connectivity index (χ0v) is 21.3. The second kappa shape index (κ2) is 8.05. The van der Waals surface area contributed by atoms with Gasteiger partial charge >= 0.3 is 0 Å². The van der Waals surface area contributed by atoms with Crippen LogP contribution < -0.4 is 0 Å². The third-order valence-electron chi connectivity index (χ3n) is 2.00. The summed E-state index contributed by atoms with van der Waals surface area (Å²) in [6.07, 6.45) is 0. The molecule has 0 aliphatic carbocycles. The molecule has 0 bridgehead atoms. The summed E-state index contributed by atoms with van der Waals surface area (Å²) < 4.78 is 0. The molecular weight excluding hydrogens is 253 g/mol. The molecule has 0 radical (unpaired) electrons. The second-order valence-electron chi connectivity index (χ2n) is 3.01. The van der Waals surface area contributed by atoms with E-state index in [9.17, 15) is 0 Å². The fourth-order valence-corrected chi connectivity index (χ4v) is 230. The Morgan fingerprint density at radius 1 is 1.11 bits per heavy atom. The topological polar surface area (TPSA) is 0 Å². The van der Waals surface area contributed by atoms with Crippen molar-refractivity contribution in [1.29, 1.82) is 0 Å². The Morgan fingerprint density at radius 2 is 1.78 bits per heavy atom. The van der Waals surface area contributed by atoms with Crippen LogP contribution in [0.1, 0.15) is 0 Å². The first-order chi connectivity index (χ1) is 4.31. The van der Waals surface area contributed by atoms with Gasteiger partial charge in [0, 0.05) is 0 Å². The first-order valence-corrected chi connectivity index (χ1v) is 38.8. The molecule has 9 heavy (non-hydrogen) atoms. The van der Waals surface area contributed by atoms with Crippen LogP contribution in [0.5, 0.6) is 0 Å². The lowest BCUT2D eigenvalue weighted by Gasteiger charge is -2.01. The monoisotopic (exact) mass is 272 g/mol. The Balaban J connectivity index is 2.88. The smallest absolute Gasteiger partial charge is 0.00752 e. The largest absolute Gasteiger partial charge is 0.0120 e. The first kappa shape index (κ1) is 11.0. The SMILES string of the molecule is [SiH3][SiH2][SiH2][SiH2][SiH2][SiH]([SiH3])[SiH2][SiH3]. The molecule has 0 fully saturated rings. The standard InChI is InChI=1S/H20Si9/c1-4-6-7-8-9(3)5-2/h9H,4-8H2,1-3H3. The summed E-state index contributed by atoms with van der Waals surface area (Å²) >= 11 is 0. The van der Waals surface area contributed by atoms with Gasteiger partial charge < -0.3 is 0 Å². The third kappa shape index (κ3) is 7.85. The van der Waals surface area contributed by atoms with Crippen LogP contribution in [0.15, 0.2) is 0 Å². The Kier molecular flexibility index (Phi) is 9.80. The van der Waals surface area contributed by atoms with Crippen molar-refractivity contribution in [2.45, 2.75) is 0 Å². The second-order valence-corrected chi connectivity index (χ2v) is 81.2. The van der Waals surface area contributed by atoms with Gasteiger partial charge in [-0.2, -0.15) is 0 Å². The molecule has 0 rings (SSSR count). The van der Waals surface area contributed by atoms with E-state index >= 15 is 0 Å². The highest BCUT2D eigenvalue weighted by Crippen LogP contribution is 1.62. The zero-order chi connectivity index (χ0) is 7.11. The Hall–Kier alpha value is 1.95. The van der Waals surface area contributed by atoms with E-state index in [-0.39, 0.29) is 0 Å². The van der Waals surface area contributed by atoms with Gasteiger partial charge in [0.15, 0.2) is 0 Å². The highest BCUT2D eigenvalue weighted by Gasteiger charge is 2.00. The predicted octanol–water partition coefficient (Wildman–Crippen LogP) is -8.78. The van der Waals surface area contributed by atoms with Crippen molar-refractivity contribution in [3.8, 4) is 0 Å². The van der Waals surface area contributed by atoms with E-state index < -0.39 is 0 Å². The van der Waals surface area contributed by atoms with E-state index in [0.717, 1.165) is 42.8 Å². The van der Waals surface area contributed by atoms with Gasteiger partial charge in [-0.05, 0) is 79.4 Å².